The zero-order chi connectivity index (χ0) is 15.6. The van der Waals surface area contributed by atoms with Gasteiger partial charge in [-0.05, 0) is 44.5 Å². The Morgan fingerprint density at radius 3 is 2.38 bits per heavy atom. The Balaban J connectivity index is 2.22. The molecular formula is C16H19F3N2. The summed E-state index contributed by atoms with van der Waals surface area (Å²) in [5.41, 5.74) is 2.72. The summed E-state index contributed by atoms with van der Waals surface area (Å²) >= 11 is 0. The third kappa shape index (κ3) is 3.23. The van der Waals surface area contributed by atoms with Crippen LogP contribution >= 0.6 is 0 Å². The van der Waals surface area contributed by atoms with E-state index in [0.717, 1.165) is 29.6 Å². The van der Waals surface area contributed by atoms with Crippen LogP contribution in [0.3, 0.4) is 0 Å². The van der Waals surface area contributed by atoms with Gasteiger partial charge in [-0.3, -0.25) is 0 Å². The lowest BCUT2D eigenvalue weighted by Gasteiger charge is -2.14. The van der Waals surface area contributed by atoms with Crippen molar-refractivity contribution >= 4 is 5.69 Å². The van der Waals surface area contributed by atoms with Crippen molar-refractivity contribution in [1.29, 1.82) is 0 Å². The second-order valence-corrected chi connectivity index (χ2v) is 5.04. The van der Waals surface area contributed by atoms with Crippen molar-refractivity contribution < 1.29 is 13.2 Å². The maximum absolute atomic E-state index is 12.9. The van der Waals surface area contributed by atoms with Crippen LogP contribution in [0.2, 0.25) is 0 Å². The highest BCUT2D eigenvalue weighted by atomic mass is 19.4. The summed E-state index contributed by atoms with van der Waals surface area (Å²) in [5.74, 6) is 0. The van der Waals surface area contributed by atoms with Crippen LogP contribution in [0.5, 0.6) is 0 Å². The number of halogens is 3. The molecule has 1 aromatic heterocycles. The van der Waals surface area contributed by atoms with Crippen molar-refractivity contribution in [1.82, 2.24) is 4.57 Å². The average molecular weight is 296 g/mol. The van der Waals surface area contributed by atoms with E-state index in [2.05, 4.69) is 16.8 Å². The van der Waals surface area contributed by atoms with Gasteiger partial charge in [0.2, 0.25) is 0 Å². The molecule has 114 valence electrons. The Bertz CT molecular complexity index is 627. The summed E-state index contributed by atoms with van der Waals surface area (Å²) in [6.45, 7) is 7.28. The number of para-hydroxylation sites is 1. The molecule has 0 spiro atoms. The largest absolute Gasteiger partial charge is 0.418 e. The highest BCUT2D eigenvalue weighted by molar-refractivity contribution is 5.53. The molecule has 2 rings (SSSR count). The number of hydrogen-bond acceptors (Lipinski definition) is 1. The number of nitrogens with one attached hydrogen (secondary N) is 1. The second kappa shape index (κ2) is 5.84. The van der Waals surface area contributed by atoms with Gasteiger partial charge in [0.05, 0.1) is 5.56 Å². The van der Waals surface area contributed by atoms with Crippen LogP contribution < -0.4 is 5.32 Å². The molecule has 1 N–H and O–H groups in total. The van der Waals surface area contributed by atoms with Gasteiger partial charge in [-0.2, -0.15) is 13.2 Å². The number of aryl methyl sites for hydroxylation is 1. The monoisotopic (exact) mass is 296 g/mol. The summed E-state index contributed by atoms with van der Waals surface area (Å²) in [6, 6.07) is 7.57. The molecule has 0 unspecified atom stereocenters. The van der Waals surface area contributed by atoms with Crippen LogP contribution in [0.15, 0.2) is 30.3 Å². The van der Waals surface area contributed by atoms with Crippen molar-refractivity contribution in [2.75, 3.05) is 5.32 Å². The summed E-state index contributed by atoms with van der Waals surface area (Å²) in [4.78, 5) is 0. The molecule has 0 saturated carbocycles. The van der Waals surface area contributed by atoms with Gasteiger partial charge in [0.1, 0.15) is 0 Å². The number of hydrogen-bond donors (Lipinski definition) is 1. The first-order chi connectivity index (χ1) is 9.84. The number of anilines is 1. The van der Waals surface area contributed by atoms with E-state index in [-0.39, 0.29) is 5.69 Å². The van der Waals surface area contributed by atoms with Crippen LogP contribution in [0.4, 0.5) is 18.9 Å². The number of aromatic nitrogens is 1. The maximum atomic E-state index is 12.9. The minimum Gasteiger partial charge on any atom is -0.380 e. The topological polar surface area (TPSA) is 17.0 Å². The van der Waals surface area contributed by atoms with Crippen molar-refractivity contribution in [2.24, 2.45) is 0 Å². The van der Waals surface area contributed by atoms with E-state index in [9.17, 15) is 13.2 Å². The lowest BCUT2D eigenvalue weighted by atomic mass is 10.1. The smallest absolute Gasteiger partial charge is 0.380 e. The molecule has 0 aliphatic rings. The predicted molar refractivity (Wildman–Crippen MR) is 78.4 cm³/mol. The van der Waals surface area contributed by atoms with Gasteiger partial charge < -0.3 is 9.88 Å². The van der Waals surface area contributed by atoms with Gasteiger partial charge in [-0.1, -0.05) is 12.1 Å². The number of nitrogens with zero attached hydrogens (tertiary/aromatic N) is 1. The molecule has 0 aliphatic carbocycles. The van der Waals surface area contributed by atoms with Crippen molar-refractivity contribution in [3.8, 4) is 0 Å². The molecule has 2 aromatic rings. The first-order valence-electron chi connectivity index (χ1n) is 6.90. The van der Waals surface area contributed by atoms with Crippen molar-refractivity contribution in [3.63, 3.8) is 0 Å². The molecule has 0 atom stereocenters. The standard InChI is InChI=1S/C16H19F3N2/c1-4-21-11(2)9-13(12(21)3)10-20-15-8-6-5-7-14(15)16(17,18)19/h5-9,20H,4,10H2,1-3H3. The Kier molecular flexibility index (Phi) is 4.30. The Labute approximate surface area is 122 Å². The predicted octanol–water partition coefficient (Wildman–Crippen LogP) is 4.76. The quantitative estimate of drug-likeness (QED) is 0.861. The molecule has 5 heteroatoms. The summed E-state index contributed by atoms with van der Waals surface area (Å²) in [5, 5.41) is 2.91. The Morgan fingerprint density at radius 2 is 1.81 bits per heavy atom. The van der Waals surface area contributed by atoms with E-state index < -0.39 is 11.7 Å². The van der Waals surface area contributed by atoms with Gasteiger partial charge in [0.15, 0.2) is 0 Å². The van der Waals surface area contributed by atoms with Gasteiger partial charge in [0, 0.05) is 30.2 Å². The van der Waals surface area contributed by atoms with Gasteiger partial charge in [-0.15, -0.1) is 0 Å². The molecular weight excluding hydrogens is 277 g/mol. The molecule has 0 bridgehead atoms. The van der Waals surface area contributed by atoms with E-state index in [4.69, 9.17) is 0 Å². The van der Waals surface area contributed by atoms with Gasteiger partial charge in [0.25, 0.3) is 0 Å². The number of rotatable bonds is 4. The molecule has 0 saturated heterocycles. The zero-order valence-electron chi connectivity index (χ0n) is 12.4. The van der Waals surface area contributed by atoms with E-state index in [1.165, 1.54) is 12.1 Å². The molecule has 0 radical (unpaired) electrons. The van der Waals surface area contributed by atoms with E-state index in [0.29, 0.717) is 6.54 Å². The van der Waals surface area contributed by atoms with Gasteiger partial charge in [-0.25, -0.2) is 0 Å². The van der Waals surface area contributed by atoms with Gasteiger partial charge >= 0.3 is 6.18 Å². The van der Waals surface area contributed by atoms with E-state index >= 15 is 0 Å². The van der Waals surface area contributed by atoms with Crippen LogP contribution in [-0.4, -0.2) is 4.57 Å². The third-order valence-corrected chi connectivity index (χ3v) is 3.70. The minimum atomic E-state index is -4.34. The second-order valence-electron chi connectivity index (χ2n) is 5.04. The van der Waals surface area contributed by atoms with Crippen molar-refractivity contribution in [2.45, 2.75) is 40.0 Å². The summed E-state index contributed by atoms with van der Waals surface area (Å²) < 4.78 is 40.9. The SMILES string of the molecule is CCn1c(C)cc(CNc2ccccc2C(F)(F)F)c1C. The lowest BCUT2D eigenvalue weighted by molar-refractivity contribution is -0.136. The first kappa shape index (κ1) is 15.5. The van der Waals surface area contributed by atoms with Crippen molar-refractivity contribution in [3.05, 3.63) is 52.8 Å². The van der Waals surface area contributed by atoms with Crippen LogP contribution in [0.25, 0.3) is 0 Å². The lowest BCUT2D eigenvalue weighted by Crippen LogP contribution is -2.11. The Hall–Kier alpha value is -1.91. The Morgan fingerprint density at radius 1 is 1.14 bits per heavy atom. The van der Waals surface area contributed by atoms with Crippen LogP contribution in [-0.2, 0) is 19.3 Å². The summed E-state index contributed by atoms with van der Waals surface area (Å²) in [7, 11) is 0. The summed E-state index contributed by atoms with van der Waals surface area (Å²) in [6.07, 6.45) is -4.34. The minimum absolute atomic E-state index is 0.117. The molecule has 21 heavy (non-hydrogen) atoms. The van der Waals surface area contributed by atoms with Crippen LogP contribution in [0.1, 0.15) is 29.4 Å². The fourth-order valence-electron chi connectivity index (χ4n) is 2.61. The highest BCUT2D eigenvalue weighted by Gasteiger charge is 2.33. The molecule has 1 aromatic carbocycles. The fraction of sp³-hybridized carbons (Fsp3) is 0.375. The first-order valence-corrected chi connectivity index (χ1v) is 6.90. The zero-order valence-corrected chi connectivity index (χ0v) is 12.4. The normalized spacial score (nSPS) is 11.7. The maximum Gasteiger partial charge on any atom is 0.418 e. The molecule has 1 heterocycles. The average Bonchev–Trinajstić information content (AvgIpc) is 2.70. The van der Waals surface area contributed by atoms with Crippen LogP contribution in [0, 0.1) is 13.8 Å². The fourth-order valence-corrected chi connectivity index (χ4v) is 2.61. The molecule has 0 aliphatic heterocycles. The third-order valence-electron chi connectivity index (χ3n) is 3.70. The number of benzene rings is 1. The van der Waals surface area contributed by atoms with E-state index in [1.807, 2.05) is 19.9 Å². The molecule has 0 amide bonds. The molecule has 0 fully saturated rings. The number of alkyl halides is 3. The highest BCUT2D eigenvalue weighted by Crippen LogP contribution is 2.34. The van der Waals surface area contributed by atoms with E-state index in [1.54, 1.807) is 6.07 Å². The molecule has 2 nitrogen and oxygen atoms in total.